The fourth-order valence-corrected chi connectivity index (χ4v) is 3.93. The van der Waals surface area contributed by atoms with Gasteiger partial charge in [0.1, 0.15) is 0 Å². The van der Waals surface area contributed by atoms with Crippen LogP contribution in [-0.4, -0.2) is 72.2 Å². The fraction of sp³-hybridized carbons (Fsp3) is 0.667. The van der Waals surface area contributed by atoms with E-state index < -0.39 is 0 Å². The highest BCUT2D eigenvalue weighted by Gasteiger charge is 2.29. The van der Waals surface area contributed by atoms with Crippen LogP contribution in [0.15, 0.2) is 17.5 Å². The lowest BCUT2D eigenvalue weighted by atomic mass is 10.0. The number of hydrogen-bond acceptors (Lipinski definition) is 5. The first kappa shape index (κ1) is 15.0. The molecule has 1 unspecified atom stereocenters. The number of carbonyl (C=O) groups is 1. The van der Waals surface area contributed by atoms with Gasteiger partial charge in [-0.25, -0.2) is 0 Å². The Bertz CT molecular complexity index is 457. The third-order valence-electron chi connectivity index (χ3n) is 4.40. The molecule has 0 saturated carbocycles. The second-order valence-corrected chi connectivity index (χ2v) is 6.80. The summed E-state index contributed by atoms with van der Waals surface area (Å²) in [5, 5.41) is 15.1. The van der Waals surface area contributed by atoms with Crippen molar-refractivity contribution >= 4 is 17.2 Å². The molecule has 0 spiro atoms. The molecule has 0 aromatic carbocycles. The summed E-state index contributed by atoms with van der Waals surface area (Å²) in [4.78, 5) is 17.5. The van der Waals surface area contributed by atoms with Crippen LogP contribution >= 0.6 is 11.3 Å². The monoisotopic (exact) mass is 309 g/mol. The Morgan fingerprint density at radius 3 is 2.86 bits per heavy atom. The largest absolute Gasteiger partial charge is 0.390 e. The Morgan fingerprint density at radius 2 is 2.14 bits per heavy atom. The fourth-order valence-electron chi connectivity index (χ4n) is 3.24. The van der Waals surface area contributed by atoms with E-state index in [0.717, 1.165) is 50.4 Å². The molecule has 2 aliphatic rings. The summed E-state index contributed by atoms with van der Waals surface area (Å²) in [6.45, 7) is 5.00. The average Bonchev–Trinajstić information content (AvgIpc) is 2.96. The Morgan fingerprint density at radius 1 is 1.33 bits per heavy atom. The summed E-state index contributed by atoms with van der Waals surface area (Å²) in [7, 11) is 0. The predicted octanol–water partition coefficient (Wildman–Crippen LogP) is 0.619. The summed E-state index contributed by atoms with van der Waals surface area (Å²) < 4.78 is 0. The van der Waals surface area contributed by atoms with Gasteiger partial charge in [-0.2, -0.15) is 0 Å². The van der Waals surface area contributed by atoms with Gasteiger partial charge in [0.15, 0.2) is 0 Å². The van der Waals surface area contributed by atoms with Gasteiger partial charge in [-0.05, 0) is 24.3 Å². The molecule has 2 fully saturated rings. The Hall–Kier alpha value is -0.950. The van der Waals surface area contributed by atoms with Gasteiger partial charge in [-0.3, -0.25) is 9.69 Å². The standard InChI is InChI=1S/C15H23N3O2S/c19-13-10-16-5-8-18(11-13)12-3-6-17(7-4-12)15(20)14-2-1-9-21-14/h1-2,9,12-13,16,19H,3-8,10-11H2. The quantitative estimate of drug-likeness (QED) is 0.841. The Balaban J connectivity index is 1.54. The summed E-state index contributed by atoms with van der Waals surface area (Å²) in [6, 6.07) is 4.32. The van der Waals surface area contributed by atoms with Crippen molar-refractivity contribution in [3.05, 3.63) is 22.4 Å². The highest BCUT2D eigenvalue weighted by Crippen LogP contribution is 2.20. The first-order valence-corrected chi connectivity index (χ1v) is 8.57. The molecule has 21 heavy (non-hydrogen) atoms. The Kier molecular flexibility index (Phi) is 4.90. The molecule has 2 N–H and O–H groups in total. The van der Waals surface area contributed by atoms with Gasteiger partial charge >= 0.3 is 0 Å². The van der Waals surface area contributed by atoms with Crippen LogP contribution in [0, 0.1) is 0 Å². The van der Waals surface area contributed by atoms with Crippen molar-refractivity contribution in [2.75, 3.05) is 39.3 Å². The number of amides is 1. The van der Waals surface area contributed by atoms with E-state index in [1.54, 1.807) is 0 Å². The van der Waals surface area contributed by atoms with E-state index in [9.17, 15) is 9.90 Å². The van der Waals surface area contributed by atoms with Gasteiger partial charge in [-0.15, -0.1) is 11.3 Å². The lowest BCUT2D eigenvalue weighted by Gasteiger charge is -2.38. The van der Waals surface area contributed by atoms with Crippen molar-refractivity contribution in [3.8, 4) is 0 Å². The van der Waals surface area contributed by atoms with E-state index in [4.69, 9.17) is 0 Å². The van der Waals surface area contributed by atoms with Gasteiger partial charge < -0.3 is 15.3 Å². The number of nitrogens with zero attached hydrogens (tertiary/aromatic N) is 2. The number of piperidine rings is 1. The number of aliphatic hydroxyl groups is 1. The zero-order chi connectivity index (χ0) is 14.7. The third-order valence-corrected chi connectivity index (χ3v) is 5.26. The first-order chi connectivity index (χ1) is 10.2. The summed E-state index contributed by atoms with van der Waals surface area (Å²) in [5.74, 6) is 0.168. The van der Waals surface area contributed by atoms with Crippen LogP contribution in [0.3, 0.4) is 0 Å². The van der Waals surface area contributed by atoms with Crippen molar-refractivity contribution in [2.24, 2.45) is 0 Å². The maximum Gasteiger partial charge on any atom is 0.263 e. The average molecular weight is 309 g/mol. The Labute approximate surface area is 129 Å². The summed E-state index contributed by atoms with van der Waals surface area (Å²) in [6.07, 6.45) is 1.73. The van der Waals surface area contributed by atoms with E-state index in [-0.39, 0.29) is 12.0 Å². The van der Waals surface area contributed by atoms with Crippen LogP contribution in [-0.2, 0) is 0 Å². The number of nitrogens with one attached hydrogen (secondary N) is 1. The van der Waals surface area contributed by atoms with E-state index in [2.05, 4.69) is 10.2 Å². The van der Waals surface area contributed by atoms with Gasteiger partial charge in [0.05, 0.1) is 11.0 Å². The van der Waals surface area contributed by atoms with Crippen LogP contribution in [0.5, 0.6) is 0 Å². The number of rotatable bonds is 2. The normalized spacial score (nSPS) is 25.8. The number of hydrogen-bond donors (Lipinski definition) is 2. The summed E-state index contributed by atoms with van der Waals surface area (Å²) >= 11 is 1.51. The van der Waals surface area contributed by atoms with Crippen molar-refractivity contribution in [3.63, 3.8) is 0 Å². The molecule has 1 aromatic rings. The van der Waals surface area contributed by atoms with Crippen LogP contribution < -0.4 is 5.32 Å². The lowest BCUT2D eigenvalue weighted by Crippen LogP contribution is -2.48. The minimum Gasteiger partial charge on any atom is -0.390 e. The zero-order valence-electron chi connectivity index (χ0n) is 12.2. The van der Waals surface area contributed by atoms with Crippen LogP contribution in [0.25, 0.3) is 0 Å². The number of likely N-dealkylation sites (tertiary alicyclic amines) is 1. The van der Waals surface area contributed by atoms with Crippen LogP contribution in [0.4, 0.5) is 0 Å². The third kappa shape index (κ3) is 3.63. The predicted molar refractivity (Wildman–Crippen MR) is 83.7 cm³/mol. The van der Waals surface area contributed by atoms with Crippen LogP contribution in [0.2, 0.25) is 0 Å². The zero-order valence-corrected chi connectivity index (χ0v) is 13.0. The number of β-amino-alcohol motifs (C(OH)–C–C–N with tert-alkyl or cyclic N) is 1. The first-order valence-electron chi connectivity index (χ1n) is 7.69. The van der Waals surface area contributed by atoms with E-state index in [1.807, 2.05) is 22.4 Å². The van der Waals surface area contributed by atoms with Gasteiger partial charge in [-0.1, -0.05) is 6.07 Å². The molecule has 5 nitrogen and oxygen atoms in total. The molecular formula is C15H23N3O2S. The maximum atomic E-state index is 12.3. The second kappa shape index (κ2) is 6.87. The van der Waals surface area contributed by atoms with Crippen LogP contribution in [0.1, 0.15) is 22.5 Å². The van der Waals surface area contributed by atoms with Gasteiger partial charge in [0.25, 0.3) is 5.91 Å². The van der Waals surface area contributed by atoms with Crippen molar-refractivity contribution in [1.82, 2.24) is 15.1 Å². The smallest absolute Gasteiger partial charge is 0.263 e. The minimum absolute atomic E-state index is 0.168. The SMILES string of the molecule is O=C(c1cccs1)N1CCC(N2CCNCC(O)C2)CC1. The van der Waals surface area contributed by atoms with Crippen molar-refractivity contribution < 1.29 is 9.90 Å². The number of carbonyl (C=O) groups excluding carboxylic acids is 1. The van der Waals surface area contributed by atoms with E-state index >= 15 is 0 Å². The molecule has 0 aliphatic carbocycles. The highest BCUT2D eigenvalue weighted by atomic mass is 32.1. The minimum atomic E-state index is -0.279. The summed E-state index contributed by atoms with van der Waals surface area (Å²) in [5.41, 5.74) is 0. The molecule has 0 bridgehead atoms. The molecule has 3 heterocycles. The topological polar surface area (TPSA) is 55.8 Å². The molecule has 1 aromatic heterocycles. The lowest BCUT2D eigenvalue weighted by molar-refractivity contribution is 0.0543. The molecule has 3 rings (SSSR count). The van der Waals surface area contributed by atoms with Gasteiger partial charge in [0.2, 0.25) is 0 Å². The molecule has 6 heteroatoms. The highest BCUT2D eigenvalue weighted by molar-refractivity contribution is 7.12. The molecule has 2 saturated heterocycles. The van der Waals surface area contributed by atoms with Gasteiger partial charge in [0, 0.05) is 45.3 Å². The van der Waals surface area contributed by atoms with Crippen molar-refractivity contribution in [1.29, 1.82) is 0 Å². The molecular weight excluding hydrogens is 286 g/mol. The molecule has 1 atom stereocenters. The van der Waals surface area contributed by atoms with E-state index in [1.165, 1.54) is 11.3 Å². The second-order valence-electron chi connectivity index (χ2n) is 5.85. The number of thiophene rings is 1. The molecule has 2 aliphatic heterocycles. The van der Waals surface area contributed by atoms with Crippen molar-refractivity contribution in [2.45, 2.75) is 25.0 Å². The van der Waals surface area contributed by atoms with E-state index in [0.29, 0.717) is 12.6 Å². The molecule has 1 amide bonds. The maximum absolute atomic E-state index is 12.3. The number of aliphatic hydroxyl groups excluding tert-OH is 1. The molecule has 0 radical (unpaired) electrons. The molecule has 116 valence electrons.